The summed E-state index contributed by atoms with van der Waals surface area (Å²) >= 11 is 3.29. The van der Waals surface area contributed by atoms with E-state index < -0.39 is 39.7 Å². The number of hydroxylamine groups is 1. The number of fused-ring (bicyclic) bond motifs is 1. The standard InChI is InChI=1S/C25H19BrN4O9/c1-2-38-19-11-13(10-18(26)22(19)31)21-20-23(39-28(21)16-4-3-5-17(12-16)30(36)37)25(33)27(24(20)32)14-6-8-15(9-7-14)29(34)35/h3-12,20-21,23,31H,2H2,1H3/t20-,21+,23+/m0/s1. The van der Waals surface area contributed by atoms with Gasteiger partial charge in [0.25, 0.3) is 17.3 Å². The van der Waals surface area contributed by atoms with Crippen LogP contribution in [0.1, 0.15) is 18.5 Å². The molecule has 0 radical (unpaired) electrons. The summed E-state index contributed by atoms with van der Waals surface area (Å²) in [5, 5.41) is 34.2. The first kappa shape index (κ1) is 26.1. The van der Waals surface area contributed by atoms with Crippen LogP contribution >= 0.6 is 15.9 Å². The molecule has 14 heteroatoms. The highest BCUT2D eigenvalue weighted by Crippen LogP contribution is 2.50. The van der Waals surface area contributed by atoms with Crippen molar-refractivity contribution in [2.24, 2.45) is 5.92 Å². The van der Waals surface area contributed by atoms with Gasteiger partial charge in [0.15, 0.2) is 17.6 Å². The van der Waals surface area contributed by atoms with Gasteiger partial charge in [-0.1, -0.05) is 6.07 Å². The van der Waals surface area contributed by atoms with Gasteiger partial charge in [-0.05, 0) is 58.7 Å². The van der Waals surface area contributed by atoms with Crippen molar-refractivity contribution in [2.45, 2.75) is 19.1 Å². The number of nitro benzene ring substituents is 2. The molecule has 0 bridgehead atoms. The van der Waals surface area contributed by atoms with Crippen molar-refractivity contribution in [3.63, 3.8) is 0 Å². The lowest BCUT2D eigenvalue weighted by atomic mass is 9.90. The molecule has 200 valence electrons. The molecule has 3 aromatic carbocycles. The molecular formula is C25H19BrN4O9. The van der Waals surface area contributed by atoms with Crippen LogP contribution in [0.4, 0.5) is 22.7 Å². The highest BCUT2D eigenvalue weighted by molar-refractivity contribution is 9.10. The molecule has 3 atom stereocenters. The fourth-order valence-corrected chi connectivity index (χ4v) is 5.19. The maximum atomic E-state index is 13.8. The number of anilines is 2. The van der Waals surface area contributed by atoms with Crippen LogP contribution in [-0.2, 0) is 14.4 Å². The zero-order valence-electron chi connectivity index (χ0n) is 20.1. The van der Waals surface area contributed by atoms with Crippen LogP contribution < -0.4 is 14.7 Å². The minimum atomic E-state index is -1.29. The van der Waals surface area contributed by atoms with Crippen LogP contribution in [0.15, 0.2) is 65.1 Å². The van der Waals surface area contributed by atoms with Gasteiger partial charge in [-0.15, -0.1) is 0 Å². The van der Waals surface area contributed by atoms with Crippen LogP contribution in [0, 0.1) is 26.1 Å². The van der Waals surface area contributed by atoms with Gasteiger partial charge < -0.3 is 9.84 Å². The van der Waals surface area contributed by atoms with Gasteiger partial charge in [0.05, 0.1) is 38.3 Å². The Labute approximate surface area is 228 Å². The predicted octanol–water partition coefficient (Wildman–Crippen LogP) is 4.42. The summed E-state index contributed by atoms with van der Waals surface area (Å²) in [6, 6.07) is 12.6. The smallest absolute Gasteiger partial charge is 0.271 e. The van der Waals surface area contributed by atoms with E-state index in [0.717, 1.165) is 4.90 Å². The van der Waals surface area contributed by atoms with Crippen molar-refractivity contribution in [1.82, 2.24) is 0 Å². The van der Waals surface area contributed by atoms with Crippen molar-refractivity contribution >= 4 is 50.5 Å². The highest BCUT2D eigenvalue weighted by atomic mass is 79.9. The summed E-state index contributed by atoms with van der Waals surface area (Å²) in [5.74, 6) is -2.47. The molecular weight excluding hydrogens is 580 g/mol. The molecule has 0 spiro atoms. The number of rotatable bonds is 7. The summed E-state index contributed by atoms with van der Waals surface area (Å²) in [7, 11) is 0. The fourth-order valence-electron chi connectivity index (χ4n) is 4.73. The number of carbonyl (C=O) groups excluding carboxylic acids is 2. The molecule has 0 aromatic heterocycles. The third-order valence-corrected chi connectivity index (χ3v) is 7.03. The van der Waals surface area contributed by atoms with E-state index in [2.05, 4.69) is 15.9 Å². The molecule has 2 saturated heterocycles. The number of aromatic hydroxyl groups is 1. The van der Waals surface area contributed by atoms with E-state index in [0.29, 0.717) is 5.56 Å². The normalized spacial score (nSPS) is 20.3. The first-order valence-corrected chi connectivity index (χ1v) is 12.4. The maximum absolute atomic E-state index is 13.8. The van der Waals surface area contributed by atoms with Crippen LogP contribution in [-0.4, -0.2) is 39.5 Å². The van der Waals surface area contributed by atoms with Crippen molar-refractivity contribution < 1.29 is 34.1 Å². The van der Waals surface area contributed by atoms with E-state index >= 15 is 0 Å². The summed E-state index contributed by atoms with van der Waals surface area (Å²) in [6.45, 7) is 1.96. The zero-order valence-corrected chi connectivity index (χ0v) is 21.7. The van der Waals surface area contributed by atoms with Gasteiger partial charge in [0, 0.05) is 24.3 Å². The molecule has 2 amide bonds. The highest BCUT2D eigenvalue weighted by Gasteiger charge is 2.60. The summed E-state index contributed by atoms with van der Waals surface area (Å²) in [5.41, 5.74) is 0.360. The molecule has 1 N–H and O–H groups in total. The van der Waals surface area contributed by atoms with Gasteiger partial charge in [-0.25, -0.2) is 9.96 Å². The van der Waals surface area contributed by atoms with E-state index in [-0.39, 0.29) is 45.3 Å². The average molecular weight is 599 g/mol. The van der Waals surface area contributed by atoms with E-state index in [1.54, 1.807) is 19.1 Å². The number of amides is 2. The fraction of sp³-hybridized carbons (Fsp3) is 0.200. The van der Waals surface area contributed by atoms with E-state index in [4.69, 9.17) is 9.57 Å². The van der Waals surface area contributed by atoms with Crippen LogP contribution in [0.25, 0.3) is 0 Å². The van der Waals surface area contributed by atoms with E-state index in [1.165, 1.54) is 53.6 Å². The molecule has 39 heavy (non-hydrogen) atoms. The third-order valence-electron chi connectivity index (χ3n) is 6.42. The number of nitrogens with zero attached hydrogens (tertiary/aromatic N) is 4. The second kappa shape index (κ2) is 9.96. The van der Waals surface area contributed by atoms with Gasteiger partial charge in [-0.2, -0.15) is 0 Å². The number of imide groups is 1. The number of benzene rings is 3. The number of ether oxygens (including phenoxy) is 1. The number of carbonyl (C=O) groups is 2. The van der Waals surface area contributed by atoms with Gasteiger partial charge >= 0.3 is 0 Å². The Morgan fingerprint density at radius 3 is 2.31 bits per heavy atom. The minimum Gasteiger partial charge on any atom is -0.503 e. The molecule has 0 saturated carbocycles. The van der Waals surface area contributed by atoms with Gasteiger partial charge in [0.1, 0.15) is 5.92 Å². The molecule has 0 aliphatic carbocycles. The van der Waals surface area contributed by atoms with E-state index in [1.807, 2.05) is 0 Å². The Hall–Kier alpha value is -4.56. The largest absolute Gasteiger partial charge is 0.503 e. The molecule has 13 nitrogen and oxygen atoms in total. The number of phenols is 1. The SMILES string of the molecule is CCOc1cc([C@@H]2[C@@H]3C(=O)N(c4ccc([N+](=O)[O-])cc4)C(=O)[C@@H]3ON2c2cccc([N+](=O)[O-])c2)cc(Br)c1O. The summed E-state index contributed by atoms with van der Waals surface area (Å²) < 4.78 is 5.80. The quantitative estimate of drug-likeness (QED) is 0.233. The zero-order chi connectivity index (χ0) is 28.0. The number of hydrogen-bond acceptors (Lipinski definition) is 10. The maximum Gasteiger partial charge on any atom is 0.271 e. The Morgan fingerprint density at radius 1 is 0.974 bits per heavy atom. The first-order chi connectivity index (χ1) is 18.6. The van der Waals surface area contributed by atoms with Crippen molar-refractivity contribution in [2.75, 3.05) is 16.6 Å². The second-order valence-electron chi connectivity index (χ2n) is 8.67. The minimum absolute atomic E-state index is 0.119. The Balaban J connectivity index is 1.62. The lowest BCUT2D eigenvalue weighted by molar-refractivity contribution is -0.385. The van der Waals surface area contributed by atoms with E-state index in [9.17, 15) is 34.9 Å². The second-order valence-corrected chi connectivity index (χ2v) is 9.52. The number of phenolic OH excluding ortho intramolecular Hbond substituents is 1. The molecule has 2 aliphatic heterocycles. The van der Waals surface area contributed by atoms with Crippen molar-refractivity contribution in [3.05, 3.63) is 90.9 Å². The Kier molecular flexibility index (Phi) is 6.66. The number of halogens is 1. The number of non-ortho nitro benzene ring substituents is 2. The molecule has 2 fully saturated rings. The summed E-state index contributed by atoms with van der Waals surface area (Å²) in [4.78, 5) is 55.5. The van der Waals surface area contributed by atoms with Crippen molar-refractivity contribution in [1.29, 1.82) is 0 Å². The van der Waals surface area contributed by atoms with Crippen LogP contribution in [0.5, 0.6) is 11.5 Å². The third kappa shape index (κ3) is 4.42. The molecule has 5 rings (SSSR count). The summed E-state index contributed by atoms with van der Waals surface area (Å²) in [6.07, 6.45) is -1.29. The molecule has 2 heterocycles. The molecule has 2 aliphatic rings. The van der Waals surface area contributed by atoms with Gasteiger partial charge in [-0.3, -0.25) is 34.7 Å². The monoisotopic (exact) mass is 598 g/mol. The Bertz CT molecular complexity index is 1510. The number of nitro groups is 2. The molecule has 3 aromatic rings. The predicted molar refractivity (Wildman–Crippen MR) is 139 cm³/mol. The molecule has 0 unspecified atom stereocenters. The number of hydrogen-bond donors (Lipinski definition) is 1. The average Bonchev–Trinajstić information content (AvgIpc) is 3.42. The van der Waals surface area contributed by atoms with Crippen LogP contribution in [0.2, 0.25) is 0 Å². The van der Waals surface area contributed by atoms with Gasteiger partial charge in [0.2, 0.25) is 5.91 Å². The van der Waals surface area contributed by atoms with Crippen molar-refractivity contribution in [3.8, 4) is 11.5 Å². The Morgan fingerprint density at radius 2 is 1.67 bits per heavy atom. The topological polar surface area (TPSA) is 166 Å². The lowest BCUT2D eigenvalue weighted by Gasteiger charge is -2.29. The first-order valence-electron chi connectivity index (χ1n) is 11.6. The lowest BCUT2D eigenvalue weighted by Crippen LogP contribution is -2.37. The van der Waals surface area contributed by atoms with Crippen LogP contribution in [0.3, 0.4) is 0 Å².